The minimum atomic E-state index is -0.0564. The summed E-state index contributed by atoms with van der Waals surface area (Å²) in [6.45, 7) is 4.30. The number of rotatable bonds is 11. The summed E-state index contributed by atoms with van der Waals surface area (Å²) in [6.07, 6.45) is 2.98. The number of hydrogen-bond acceptors (Lipinski definition) is 4. The van der Waals surface area contributed by atoms with Crippen LogP contribution in [-0.4, -0.2) is 56.7 Å². The number of nitrogens with zero attached hydrogens (tertiary/aromatic N) is 2. The van der Waals surface area contributed by atoms with Gasteiger partial charge in [-0.2, -0.15) is 0 Å². The van der Waals surface area contributed by atoms with E-state index >= 15 is 0 Å². The molecule has 8 heteroatoms. The highest BCUT2D eigenvalue weighted by Gasteiger charge is 2.23. The number of halogens is 1. The summed E-state index contributed by atoms with van der Waals surface area (Å²) in [4.78, 5) is 18.6. The van der Waals surface area contributed by atoms with Crippen LogP contribution in [0.5, 0.6) is 11.5 Å². The first-order valence-corrected chi connectivity index (χ1v) is 11.2. The summed E-state index contributed by atoms with van der Waals surface area (Å²) in [5.41, 5.74) is 2.29. The Bertz CT molecular complexity index is 901. The van der Waals surface area contributed by atoms with Gasteiger partial charge in [0.15, 0.2) is 12.6 Å². The number of ether oxygens (including phenoxy) is 2. The van der Waals surface area contributed by atoms with Gasteiger partial charge in [-0.05, 0) is 49.9 Å². The van der Waals surface area contributed by atoms with Gasteiger partial charge in [-0.25, -0.2) is 0 Å². The largest absolute Gasteiger partial charge is 0.496 e. The van der Waals surface area contributed by atoms with E-state index in [1.54, 1.807) is 7.11 Å². The molecule has 0 bridgehead atoms. The van der Waals surface area contributed by atoms with Gasteiger partial charge in [-0.1, -0.05) is 30.3 Å². The van der Waals surface area contributed by atoms with Gasteiger partial charge < -0.3 is 25.0 Å². The van der Waals surface area contributed by atoms with Crippen molar-refractivity contribution in [2.45, 2.75) is 38.8 Å². The van der Waals surface area contributed by atoms with Crippen molar-refractivity contribution in [3.05, 3.63) is 59.7 Å². The van der Waals surface area contributed by atoms with Crippen molar-refractivity contribution in [3.63, 3.8) is 0 Å². The van der Waals surface area contributed by atoms with E-state index in [0.29, 0.717) is 24.9 Å². The molecule has 0 saturated heterocycles. The van der Waals surface area contributed by atoms with Crippen LogP contribution in [0.2, 0.25) is 0 Å². The number of benzene rings is 2. The molecule has 0 unspecified atom stereocenters. The maximum Gasteiger partial charge on any atom is 0.258 e. The summed E-state index contributed by atoms with van der Waals surface area (Å²) >= 11 is 0. The monoisotopic (exact) mass is 566 g/mol. The minimum absolute atomic E-state index is 0. The number of para-hydroxylation sites is 1. The summed E-state index contributed by atoms with van der Waals surface area (Å²) in [6, 6.07) is 16.2. The Balaban J connectivity index is 0.00000385. The maximum absolute atomic E-state index is 11.7. The Morgan fingerprint density at radius 2 is 1.88 bits per heavy atom. The fourth-order valence-electron chi connectivity index (χ4n) is 3.32. The van der Waals surface area contributed by atoms with Gasteiger partial charge in [-0.3, -0.25) is 9.79 Å². The molecule has 0 aromatic heterocycles. The number of carbonyl (C=O) groups is 1. The first-order valence-electron chi connectivity index (χ1n) is 11.2. The van der Waals surface area contributed by atoms with Crippen LogP contribution in [0, 0.1) is 0 Å². The SMILES string of the molecule is CCNC(=NCCc1ccc(OCC(=O)NC2CC2)cc1)N(C)Cc1ccccc1OC.I. The van der Waals surface area contributed by atoms with Gasteiger partial charge in [0.25, 0.3) is 5.91 Å². The quantitative estimate of drug-likeness (QED) is 0.247. The Hall–Kier alpha value is -2.49. The molecule has 33 heavy (non-hydrogen) atoms. The van der Waals surface area contributed by atoms with Crippen LogP contribution in [0.3, 0.4) is 0 Å². The van der Waals surface area contributed by atoms with Gasteiger partial charge in [0, 0.05) is 38.3 Å². The molecule has 1 aliphatic carbocycles. The predicted octanol–water partition coefficient (Wildman–Crippen LogP) is 3.61. The Morgan fingerprint density at radius 3 is 2.55 bits per heavy atom. The molecule has 7 nitrogen and oxygen atoms in total. The van der Waals surface area contributed by atoms with E-state index in [4.69, 9.17) is 14.5 Å². The Labute approximate surface area is 214 Å². The fourth-order valence-corrected chi connectivity index (χ4v) is 3.32. The number of aliphatic imine (C=N–C) groups is 1. The summed E-state index contributed by atoms with van der Waals surface area (Å²) < 4.78 is 11.0. The zero-order valence-corrected chi connectivity index (χ0v) is 22.0. The van der Waals surface area contributed by atoms with Crippen LogP contribution in [0.15, 0.2) is 53.5 Å². The molecule has 180 valence electrons. The lowest BCUT2D eigenvalue weighted by Crippen LogP contribution is -2.38. The first-order chi connectivity index (χ1) is 15.6. The first kappa shape index (κ1) is 26.8. The standard InChI is InChI=1S/C25H34N4O3.HI/c1-4-26-25(29(2)17-20-7-5-6-8-23(20)31-3)27-16-15-19-9-13-22(14-10-19)32-18-24(30)28-21-11-12-21;/h5-10,13-14,21H,4,11-12,15-18H2,1-3H3,(H,26,27)(H,28,30);1H. The van der Waals surface area contributed by atoms with Crippen LogP contribution in [0.25, 0.3) is 0 Å². The molecule has 0 spiro atoms. The lowest BCUT2D eigenvalue weighted by Gasteiger charge is -2.23. The fraction of sp³-hybridized carbons (Fsp3) is 0.440. The number of nitrogens with one attached hydrogen (secondary N) is 2. The summed E-state index contributed by atoms with van der Waals surface area (Å²) in [5, 5.41) is 6.28. The van der Waals surface area contributed by atoms with Gasteiger partial charge in [-0.15, -0.1) is 24.0 Å². The number of carbonyl (C=O) groups excluding carboxylic acids is 1. The van der Waals surface area contributed by atoms with Crippen LogP contribution in [0.1, 0.15) is 30.9 Å². The van der Waals surface area contributed by atoms with Crippen LogP contribution >= 0.6 is 24.0 Å². The second-order valence-corrected chi connectivity index (χ2v) is 7.93. The van der Waals surface area contributed by atoms with E-state index in [1.807, 2.05) is 49.5 Å². The zero-order valence-electron chi connectivity index (χ0n) is 19.7. The number of hydrogen-bond donors (Lipinski definition) is 2. The van der Waals surface area contributed by atoms with E-state index in [2.05, 4.69) is 28.5 Å². The number of amides is 1. The van der Waals surface area contributed by atoms with Gasteiger partial charge >= 0.3 is 0 Å². The molecule has 0 aliphatic heterocycles. The van der Waals surface area contributed by atoms with Gasteiger partial charge in [0.1, 0.15) is 11.5 Å². The molecule has 0 heterocycles. The topological polar surface area (TPSA) is 75.2 Å². The smallest absolute Gasteiger partial charge is 0.258 e. The van der Waals surface area contributed by atoms with E-state index in [9.17, 15) is 4.79 Å². The molecule has 2 aromatic carbocycles. The van der Waals surface area contributed by atoms with E-state index in [0.717, 1.165) is 43.1 Å². The van der Waals surface area contributed by atoms with E-state index in [-0.39, 0.29) is 36.5 Å². The third kappa shape index (κ3) is 9.11. The molecule has 1 amide bonds. The van der Waals surface area contributed by atoms with Crippen molar-refractivity contribution in [2.75, 3.05) is 33.9 Å². The highest BCUT2D eigenvalue weighted by molar-refractivity contribution is 14.0. The molecular weight excluding hydrogens is 531 g/mol. The van der Waals surface area contributed by atoms with Crippen molar-refractivity contribution >= 4 is 35.8 Å². The Kier molecular flexibility index (Phi) is 11.3. The van der Waals surface area contributed by atoms with Gasteiger partial charge in [0.05, 0.1) is 7.11 Å². The van der Waals surface area contributed by atoms with E-state index in [1.165, 1.54) is 5.56 Å². The summed E-state index contributed by atoms with van der Waals surface area (Å²) in [5.74, 6) is 2.38. The molecule has 1 saturated carbocycles. The average molecular weight is 566 g/mol. The van der Waals surface area contributed by atoms with Gasteiger partial charge in [0.2, 0.25) is 0 Å². The van der Waals surface area contributed by atoms with Crippen LogP contribution in [-0.2, 0) is 17.8 Å². The molecule has 0 radical (unpaired) electrons. The molecule has 2 aromatic rings. The highest BCUT2D eigenvalue weighted by Crippen LogP contribution is 2.19. The molecule has 3 rings (SSSR count). The van der Waals surface area contributed by atoms with Crippen LogP contribution in [0.4, 0.5) is 0 Å². The third-order valence-corrected chi connectivity index (χ3v) is 5.19. The van der Waals surface area contributed by atoms with Crippen LogP contribution < -0.4 is 20.1 Å². The van der Waals surface area contributed by atoms with Crippen molar-refractivity contribution in [1.29, 1.82) is 0 Å². The zero-order chi connectivity index (χ0) is 22.8. The third-order valence-electron chi connectivity index (χ3n) is 5.19. The lowest BCUT2D eigenvalue weighted by atomic mass is 10.1. The average Bonchev–Trinajstić information content (AvgIpc) is 3.62. The molecule has 2 N–H and O–H groups in total. The molecular formula is C25H35IN4O3. The lowest BCUT2D eigenvalue weighted by molar-refractivity contribution is -0.123. The Morgan fingerprint density at radius 1 is 1.15 bits per heavy atom. The summed E-state index contributed by atoms with van der Waals surface area (Å²) in [7, 11) is 3.72. The maximum atomic E-state index is 11.7. The number of methoxy groups -OCH3 is 1. The van der Waals surface area contributed by atoms with E-state index < -0.39 is 0 Å². The number of guanidine groups is 1. The predicted molar refractivity (Wildman–Crippen MR) is 143 cm³/mol. The molecule has 1 aliphatic rings. The highest BCUT2D eigenvalue weighted by atomic mass is 127. The van der Waals surface area contributed by atoms with Crippen molar-refractivity contribution in [2.24, 2.45) is 4.99 Å². The minimum Gasteiger partial charge on any atom is -0.496 e. The normalized spacial score (nSPS) is 13.0. The molecule has 0 atom stereocenters. The molecule has 1 fully saturated rings. The van der Waals surface area contributed by atoms with Crippen molar-refractivity contribution in [3.8, 4) is 11.5 Å². The van der Waals surface area contributed by atoms with Crippen molar-refractivity contribution < 1.29 is 14.3 Å². The second-order valence-electron chi connectivity index (χ2n) is 7.93. The van der Waals surface area contributed by atoms with Crippen molar-refractivity contribution in [1.82, 2.24) is 15.5 Å². The second kappa shape index (κ2) is 13.9.